The number of nitrogens with zero attached hydrogens (tertiary/aromatic N) is 1. The Labute approximate surface area is 137 Å². The summed E-state index contributed by atoms with van der Waals surface area (Å²) in [5, 5.41) is 9.44. The van der Waals surface area contributed by atoms with E-state index in [4.69, 9.17) is 4.74 Å². The third-order valence-corrected chi connectivity index (χ3v) is 3.91. The van der Waals surface area contributed by atoms with Crippen LogP contribution in [-0.2, 0) is 4.74 Å². The van der Waals surface area contributed by atoms with E-state index in [0.29, 0.717) is 12.5 Å². The maximum absolute atomic E-state index is 11.8. The topological polar surface area (TPSA) is 63.2 Å². The van der Waals surface area contributed by atoms with Gasteiger partial charge in [-0.3, -0.25) is 0 Å². The lowest BCUT2D eigenvalue weighted by Crippen LogP contribution is -2.44. The predicted octanol–water partition coefficient (Wildman–Crippen LogP) is 3.73. The number of nitrogens with one attached hydrogen (secondary N) is 2. The normalized spacial score (nSPS) is 14.7. The molecule has 126 valence electrons. The summed E-state index contributed by atoms with van der Waals surface area (Å²) in [5.41, 5.74) is -0.473. The minimum Gasteiger partial charge on any atom is -0.444 e. The van der Waals surface area contributed by atoms with Gasteiger partial charge in [0.05, 0.1) is 6.04 Å². The first-order valence-corrected chi connectivity index (χ1v) is 8.67. The number of hydrogen-bond donors (Lipinski definition) is 2. The Morgan fingerprint density at radius 3 is 2.55 bits per heavy atom. The summed E-state index contributed by atoms with van der Waals surface area (Å²) in [5.74, 6) is 0.543. The van der Waals surface area contributed by atoms with Crippen LogP contribution in [0.5, 0.6) is 0 Å². The van der Waals surface area contributed by atoms with Crippen LogP contribution < -0.4 is 10.6 Å². The van der Waals surface area contributed by atoms with Gasteiger partial charge in [-0.1, -0.05) is 13.8 Å². The van der Waals surface area contributed by atoms with Crippen molar-refractivity contribution in [2.24, 2.45) is 5.92 Å². The van der Waals surface area contributed by atoms with Crippen LogP contribution in [0.25, 0.3) is 0 Å². The van der Waals surface area contributed by atoms with Crippen molar-refractivity contribution in [1.29, 1.82) is 0 Å². The lowest BCUT2D eigenvalue weighted by atomic mass is 10.0. The van der Waals surface area contributed by atoms with Gasteiger partial charge in [-0.05, 0) is 40.0 Å². The molecule has 2 N–H and O–H groups in total. The standard InChI is InChI=1S/C16H29N3O2S/c1-11(2)9-13(10-18-15(20)21-16(4,5)6)19-12(3)14-17-7-8-22-14/h7-8,11-13,19H,9-10H2,1-6H3,(H,18,20). The summed E-state index contributed by atoms with van der Waals surface area (Å²) in [4.78, 5) is 16.1. The molecule has 22 heavy (non-hydrogen) atoms. The summed E-state index contributed by atoms with van der Waals surface area (Å²) in [6.07, 6.45) is 2.42. The van der Waals surface area contributed by atoms with Crippen molar-refractivity contribution in [2.75, 3.05) is 6.54 Å². The number of amides is 1. The Bertz CT molecular complexity index is 441. The number of thiazole rings is 1. The van der Waals surface area contributed by atoms with Crippen LogP contribution in [0, 0.1) is 5.92 Å². The summed E-state index contributed by atoms with van der Waals surface area (Å²) < 4.78 is 5.28. The van der Waals surface area contributed by atoms with Crippen LogP contribution in [0.1, 0.15) is 59.0 Å². The molecule has 0 aliphatic rings. The van der Waals surface area contributed by atoms with Gasteiger partial charge in [0.25, 0.3) is 0 Å². The molecule has 0 radical (unpaired) electrons. The first-order valence-electron chi connectivity index (χ1n) is 7.79. The maximum atomic E-state index is 11.8. The molecule has 0 saturated heterocycles. The summed E-state index contributed by atoms with van der Waals surface area (Å²) in [7, 11) is 0. The van der Waals surface area contributed by atoms with Gasteiger partial charge in [0, 0.05) is 24.2 Å². The Balaban J connectivity index is 2.52. The van der Waals surface area contributed by atoms with Crippen molar-refractivity contribution in [2.45, 2.75) is 65.6 Å². The zero-order chi connectivity index (χ0) is 16.8. The summed E-state index contributed by atoms with van der Waals surface area (Å²) >= 11 is 1.64. The van der Waals surface area contributed by atoms with Crippen LogP contribution in [0.15, 0.2) is 11.6 Å². The molecule has 0 saturated carbocycles. The van der Waals surface area contributed by atoms with E-state index in [9.17, 15) is 4.79 Å². The second kappa shape index (κ2) is 8.48. The van der Waals surface area contributed by atoms with Crippen LogP contribution >= 0.6 is 11.3 Å². The first-order chi connectivity index (χ1) is 10.2. The zero-order valence-corrected chi connectivity index (χ0v) is 15.3. The van der Waals surface area contributed by atoms with Crippen molar-refractivity contribution < 1.29 is 9.53 Å². The molecular weight excluding hydrogens is 298 g/mol. The zero-order valence-electron chi connectivity index (χ0n) is 14.5. The van der Waals surface area contributed by atoms with E-state index in [0.717, 1.165) is 11.4 Å². The van der Waals surface area contributed by atoms with Crippen molar-refractivity contribution in [3.8, 4) is 0 Å². The van der Waals surface area contributed by atoms with Crippen molar-refractivity contribution >= 4 is 17.4 Å². The molecule has 0 aliphatic heterocycles. The van der Waals surface area contributed by atoms with Gasteiger partial charge in [0.2, 0.25) is 0 Å². The van der Waals surface area contributed by atoms with Crippen LogP contribution in [-0.4, -0.2) is 29.3 Å². The molecule has 2 unspecified atom stereocenters. The Kier molecular flexibility index (Phi) is 7.29. The number of alkyl carbamates (subject to hydrolysis) is 1. The van der Waals surface area contributed by atoms with E-state index in [1.807, 2.05) is 32.3 Å². The molecule has 0 aromatic carbocycles. The van der Waals surface area contributed by atoms with Gasteiger partial charge in [-0.2, -0.15) is 0 Å². The van der Waals surface area contributed by atoms with Crippen molar-refractivity contribution in [3.05, 3.63) is 16.6 Å². The first kappa shape index (κ1) is 18.9. The van der Waals surface area contributed by atoms with Gasteiger partial charge >= 0.3 is 6.09 Å². The smallest absolute Gasteiger partial charge is 0.407 e. The molecule has 2 atom stereocenters. The number of carbonyl (C=O) groups excluding carboxylic acids is 1. The molecule has 1 aromatic rings. The Morgan fingerprint density at radius 1 is 1.36 bits per heavy atom. The average molecular weight is 327 g/mol. The van der Waals surface area contributed by atoms with Crippen molar-refractivity contribution in [3.63, 3.8) is 0 Å². The molecule has 1 aromatic heterocycles. The van der Waals surface area contributed by atoms with E-state index in [2.05, 4.69) is 36.4 Å². The molecule has 0 spiro atoms. The average Bonchev–Trinajstić information content (AvgIpc) is 2.86. The maximum Gasteiger partial charge on any atom is 0.407 e. The molecule has 0 fully saturated rings. The van der Waals surface area contributed by atoms with E-state index in [-0.39, 0.29) is 18.2 Å². The largest absolute Gasteiger partial charge is 0.444 e. The third-order valence-electron chi connectivity index (χ3n) is 2.96. The van der Waals surface area contributed by atoms with E-state index in [1.165, 1.54) is 0 Å². The monoisotopic (exact) mass is 327 g/mol. The van der Waals surface area contributed by atoms with Crippen LogP contribution in [0.3, 0.4) is 0 Å². The van der Waals surface area contributed by atoms with Crippen molar-refractivity contribution in [1.82, 2.24) is 15.6 Å². The molecule has 0 bridgehead atoms. The quantitative estimate of drug-likeness (QED) is 0.801. The Hall–Kier alpha value is -1.14. The predicted molar refractivity (Wildman–Crippen MR) is 91.1 cm³/mol. The number of ether oxygens (including phenoxy) is 1. The second-order valence-corrected chi connectivity index (χ2v) is 7.89. The van der Waals surface area contributed by atoms with E-state index in [1.54, 1.807) is 11.3 Å². The third kappa shape index (κ3) is 7.75. The highest BCUT2D eigenvalue weighted by Crippen LogP contribution is 2.17. The molecule has 1 heterocycles. The minimum atomic E-state index is -0.473. The fourth-order valence-corrected chi connectivity index (χ4v) is 2.83. The minimum absolute atomic E-state index is 0.171. The van der Waals surface area contributed by atoms with E-state index >= 15 is 0 Å². The molecule has 0 aliphatic carbocycles. The van der Waals surface area contributed by atoms with E-state index < -0.39 is 5.60 Å². The summed E-state index contributed by atoms with van der Waals surface area (Å²) in [6, 6.07) is 0.357. The van der Waals surface area contributed by atoms with Crippen LogP contribution in [0.4, 0.5) is 4.79 Å². The number of rotatable bonds is 7. The van der Waals surface area contributed by atoms with Gasteiger partial charge in [0.15, 0.2) is 0 Å². The number of aromatic nitrogens is 1. The van der Waals surface area contributed by atoms with Gasteiger partial charge in [-0.15, -0.1) is 11.3 Å². The van der Waals surface area contributed by atoms with Gasteiger partial charge in [0.1, 0.15) is 10.6 Å². The molecule has 1 amide bonds. The molecular formula is C16H29N3O2S. The molecule has 1 rings (SSSR count). The highest BCUT2D eigenvalue weighted by Gasteiger charge is 2.20. The molecule has 5 nitrogen and oxygen atoms in total. The summed E-state index contributed by atoms with van der Waals surface area (Å²) in [6.45, 7) is 12.6. The van der Waals surface area contributed by atoms with Gasteiger partial charge in [-0.25, -0.2) is 9.78 Å². The van der Waals surface area contributed by atoms with Crippen LogP contribution in [0.2, 0.25) is 0 Å². The number of carbonyl (C=O) groups is 1. The lowest BCUT2D eigenvalue weighted by molar-refractivity contribution is 0.0520. The molecule has 6 heteroatoms. The Morgan fingerprint density at radius 2 is 2.05 bits per heavy atom. The highest BCUT2D eigenvalue weighted by molar-refractivity contribution is 7.09. The SMILES string of the molecule is CC(C)CC(CNC(=O)OC(C)(C)C)NC(C)c1nccs1. The number of hydrogen-bond acceptors (Lipinski definition) is 5. The second-order valence-electron chi connectivity index (χ2n) is 6.97. The highest BCUT2D eigenvalue weighted by atomic mass is 32.1. The van der Waals surface area contributed by atoms with Gasteiger partial charge < -0.3 is 15.4 Å². The fourth-order valence-electron chi connectivity index (χ4n) is 2.17. The fraction of sp³-hybridized carbons (Fsp3) is 0.750. The lowest BCUT2D eigenvalue weighted by Gasteiger charge is -2.25.